The SMILES string of the molecule is O=c1[nH]nc(-c2ccc(Br)cc2)c2c1Nc1nnnn1C2c1cccc(F)c1. The molecule has 0 amide bonds. The van der Waals surface area contributed by atoms with Crippen LogP contribution in [0.1, 0.15) is 17.2 Å². The molecular formula is C18H11BrFN7O. The number of aromatic amines is 1. The third kappa shape index (κ3) is 2.61. The van der Waals surface area contributed by atoms with Gasteiger partial charge in [-0.05, 0) is 40.3 Å². The van der Waals surface area contributed by atoms with E-state index in [9.17, 15) is 9.18 Å². The molecule has 0 bridgehead atoms. The smallest absolute Gasteiger partial charge is 0.288 e. The Labute approximate surface area is 165 Å². The van der Waals surface area contributed by atoms with E-state index < -0.39 is 17.4 Å². The molecule has 0 fully saturated rings. The van der Waals surface area contributed by atoms with Gasteiger partial charge in [0.2, 0.25) is 5.95 Å². The van der Waals surface area contributed by atoms with Gasteiger partial charge in [0.25, 0.3) is 5.56 Å². The lowest BCUT2D eigenvalue weighted by Crippen LogP contribution is -2.29. The van der Waals surface area contributed by atoms with E-state index in [1.165, 1.54) is 16.8 Å². The Hall–Kier alpha value is -3.40. The van der Waals surface area contributed by atoms with Gasteiger partial charge < -0.3 is 5.32 Å². The van der Waals surface area contributed by atoms with Crippen molar-refractivity contribution >= 4 is 27.6 Å². The number of tetrazole rings is 1. The highest BCUT2D eigenvalue weighted by molar-refractivity contribution is 9.10. The molecule has 0 saturated heterocycles. The van der Waals surface area contributed by atoms with Gasteiger partial charge in [-0.25, -0.2) is 9.49 Å². The molecule has 0 radical (unpaired) electrons. The van der Waals surface area contributed by atoms with Crippen LogP contribution in [-0.4, -0.2) is 30.4 Å². The molecule has 0 aliphatic carbocycles. The lowest BCUT2D eigenvalue weighted by molar-refractivity contribution is 0.560. The molecule has 1 aliphatic rings. The van der Waals surface area contributed by atoms with E-state index in [4.69, 9.17) is 0 Å². The number of halogens is 2. The van der Waals surface area contributed by atoms with Crippen molar-refractivity contribution in [2.45, 2.75) is 6.04 Å². The maximum Gasteiger partial charge on any atom is 0.288 e. The molecule has 2 aromatic carbocycles. The first-order valence-corrected chi connectivity index (χ1v) is 9.10. The van der Waals surface area contributed by atoms with E-state index in [0.717, 1.165) is 10.0 Å². The molecule has 2 N–H and O–H groups in total. The normalized spacial score (nSPS) is 14.9. The summed E-state index contributed by atoms with van der Waals surface area (Å²) in [5.41, 5.74) is 2.37. The Balaban J connectivity index is 1.82. The molecular weight excluding hydrogens is 429 g/mol. The summed E-state index contributed by atoms with van der Waals surface area (Å²) < 4.78 is 16.4. The van der Waals surface area contributed by atoms with Crippen LogP contribution in [-0.2, 0) is 0 Å². The van der Waals surface area contributed by atoms with Gasteiger partial charge >= 0.3 is 0 Å². The van der Waals surface area contributed by atoms with Crippen LogP contribution in [0.3, 0.4) is 0 Å². The summed E-state index contributed by atoms with van der Waals surface area (Å²) in [6, 6.07) is 13.0. The number of nitrogens with zero attached hydrogens (tertiary/aromatic N) is 5. The van der Waals surface area contributed by atoms with Gasteiger partial charge in [-0.3, -0.25) is 4.79 Å². The highest BCUT2D eigenvalue weighted by atomic mass is 79.9. The maximum absolute atomic E-state index is 14.0. The van der Waals surface area contributed by atoms with Crippen LogP contribution in [0.15, 0.2) is 57.8 Å². The molecule has 4 aromatic rings. The number of H-pyrrole nitrogens is 1. The van der Waals surface area contributed by atoms with Gasteiger partial charge in [-0.2, -0.15) is 9.78 Å². The molecule has 10 heteroatoms. The second-order valence-corrected chi connectivity index (χ2v) is 7.14. The predicted octanol–water partition coefficient (Wildman–Crippen LogP) is 3.02. The standard InChI is InChI=1S/C18H11BrFN7O/c19-11-6-4-9(5-7-11)14-13-15(17(28)23-22-14)21-18-24-25-26-27(18)16(13)10-2-1-3-12(20)8-10/h1-8,16H,(H,23,28)(H,21,24,26). The number of hydrogen-bond donors (Lipinski definition) is 2. The Morgan fingerprint density at radius 2 is 1.96 bits per heavy atom. The first-order chi connectivity index (χ1) is 13.6. The summed E-state index contributed by atoms with van der Waals surface area (Å²) in [5, 5.41) is 21.4. The molecule has 28 heavy (non-hydrogen) atoms. The third-order valence-corrected chi connectivity index (χ3v) is 5.08. The van der Waals surface area contributed by atoms with Crippen LogP contribution in [0.25, 0.3) is 11.3 Å². The zero-order chi connectivity index (χ0) is 19.3. The summed E-state index contributed by atoms with van der Waals surface area (Å²) in [4.78, 5) is 12.5. The van der Waals surface area contributed by atoms with E-state index >= 15 is 0 Å². The molecule has 5 rings (SSSR count). The van der Waals surface area contributed by atoms with E-state index in [1.807, 2.05) is 24.3 Å². The van der Waals surface area contributed by atoms with Crippen molar-refractivity contribution in [2.75, 3.05) is 5.32 Å². The van der Waals surface area contributed by atoms with Gasteiger partial charge in [0.15, 0.2) is 0 Å². The molecule has 1 atom stereocenters. The van der Waals surface area contributed by atoms with Crippen molar-refractivity contribution < 1.29 is 4.39 Å². The molecule has 8 nitrogen and oxygen atoms in total. The lowest BCUT2D eigenvalue weighted by atomic mass is 9.92. The lowest BCUT2D eigenvalue weighted by Gasteiger charge is -2.27. The van der Waals surface area contributed by atoms with Crippen LogP contribution >= 0.6 is 15.9 Å². The number of hydrogen-bond acceptors (Lipinski definition) is 6. The minimum Gasteiger partial charge on any atom is -0.318 e. The first kappa shape index (κ1) is 16.8. The summed E-state index contributed by atoms with van der Waals surface area (Å²) in [6.45, 7) is 0. The van der Waals surface area contributed by atoms with Gasteiger partial charge in [-0.15, -0.1) is 0 Å². The molecule has 0 saturated carbocycles. The largest absolute Gasteiger partial charge is 0.318 e. The van der Waals surface area contributed by atoms with Gasteiger partial charge in [0.1, 0.15) is 17.5 Å². The fourth-order valence-electron chi connectivity index (χ4n) is 3.35. The molecule has 0 spiro atoms. The number of aromatic nitrogens is 6. The number of benzene rings is 2. The number of rotatable bonds is 2. The third-order valence-electron chi connectivity index (χ3n) is 4.55. The van der Waals surface area contributed by atoms with Crippen LogP contribution in [0.5, 0.6) is 0 Å². The zero-order valence-corrected chi connectivity index (χ0v) is 15.7. The molecule has 2 aromatic heterocycles. The average molecular weight is 440 g/mol. The fraction of sp³-hybridized carbons (Fsp3) is 0.0556. The second kappa shape index (κ2) is 6.34. The molecule has 1 unspecified atom stereocenters. The minimum atomic E-state index is -0.620. The Kier molecular flexibility index (Phi) is 3.79. The van der Waals surface area contributed by atoms with Crippen molar-refractivity contribution in [1.82, 2.24) is 30.4 Å². The van der Waals surface area contributed by atoms with Crippen molar-refractivity contribution in [3.05, 3.63) is 80.3 Å². The highest BCUT2D eigenvalue weighted by Gasteiger charge is 2.34. The number of nitrogens with one attached hydrogen (secondary N) is 2. The van der Waals surface area contributed by atoms with Crippen LogP contribution < -0.4 is 10.9 Å². The van der Waals surface area contributed by atoms with Crippen molar-refractivity contribution in [1.29, 1.82) is 0 Å². The van der Waals surface area contributed by atoms with Crippen molar-refractivity contribution in [3.63, 3.8) is 0 Å². The fourth-order valence-corrected chi connectivity index (χ4v) is 3.61. The van der Waals surface area contributed by atoms with Crippen molar-refractivity contribution in [2.24, 2.45) is 0 Å². The quantitative estimate of drug-likeness (QED) is 0.438. The Bertz CT molecular complexity index is 1250. The minimum absolute atomic E-state index is 0.282. The second-order valence-electron chi connectivity index (χ2n) is 6.23. The first-order valence-electron chi connectivity index (χ1n) is 8.30. The van der Waals surface area contributed by atoms with E-state index in [1.54, 1.807) is 12.1 Å². The number of fused-ring (bicyclic) bond motifs is 2. The maximum atomic E-state index is 14.0. The van der Waals surface area contributed by atoms with Crippen LogP contribution in [0, 0.1) is 5.82 Å². The summed E-state index contributed by atoms with van der Waals surface area (Å²) in [6.07, 6.45) is 0. The van der Waals surface area contributed by atoms with Crippen molar-refractivity contribution in [3.8, 4) is 11.3 Å². The highest BCUT2D eigenvalue weighted by Crippen LogP contribution is 2.41. The Morgan fingerprint density at radius 1 is 1.14 bits per heavy atom. The van der Waals surface area contributed by atoms with Crippen LogP contribution in [0.2, 0.25) is 0 Å². The van der Waals surface area contributed by atoms with Gasteiger partial charge in [0.05, 0.1) is 5.69 Å². The van der Waals surface area contributed by atoms with Gasteiger partial charge in [0, 0.05) is 15.6 Å². The molecule has 1 aliphatic heterocycles. The summed E-state index contributed by atoms with van der Waals surface area (Å²) >= 11 is 3.41. The summed E-state index contributed by atoms with van der Waals surface area (Å²) in [7, 11) is 0. The zero-order valence-electron chi connectivity index (χ0n) is 14.1. The van der Waals surface area contributed by atoms with Crippen LogP contribution in [0.4, 0.5) is 16.0 Å². The monoisotopic (exact) mass is 439 g/mol. The topological polar surface area (TPSA) is 101 Å². The van der Waals surface area contributed by atoms with E-state index in [0.29, 0.717) is 22.8 Å². The summed E-state index contributed by atoms with van der Waals surface area (Å²) in [5.74, 6) is -0.101. The average Bonchev–Trinajstić information content (AvgIpc) is 3.16. The number of anilines is 2. The Morgan fingerprint density at radius 3 is 2.75 bits per heavy atom. The predicted molar refractivity (Wildman–Crippen MR) is 103 cm³/mol. The molecule has 3 heterocycles. The van der Waals surface area contributed by atoms with E-state index in [2.05, 4.69) is 47.0 Å². The van der Waals surface area contributed by atoms with Gasteiger partial charge in [-0.1, -0.05) is 45.3 Å². The van der Waals surface area contributed by atoms with E-state index in [-0.39, 0.29) is 5.69 Å². The molecule has 138 valence electrons.